The molecule has 8 aromatic rings. The van der Waals surface area contributed by atoms with Gasteiger partial charge in [-0.25, -0.2) is 15.8 Å². The molecule has 0 radical (unpaired) electrons. The van der Waals surface area contributed by atoms with E-state index >= 15 is 0 Å². The van der Waals surface area contributed by atoms with Gasteiger partial charge in [0.1, 0.15) is 0 Å². The van der Waals surface area contributed by atoms with Gasteiger partial charge in [0.05, 0.1) is 22.8 Å². The first-order valence-electron chi connectivity index (χ1n) is 16.4. The predicted molar refractivity (Wildman–Crippen MR) is 204 cm³/mol. The van der Waals surface area contributed by atoms with Gasteiger partial charge in [-0.3, -0.25) is 5.01 Å². The van der Waals surface area contributed by atoms with Crippen LogP contribution in [0.2, 0.25) is 0 Å². The standard InChI is InChI=1S/C45H34N4/c1-31-10-8-9-15-44(31)49(46)41-26-24-33(25-27-41)39-23-19-34-18-22-38(28-40(34)29-39)32-16-20-36(21-17-32)43-30-42(35-11-4-2-5-12-35)47-45(48-43)37-13-6-3-7-14-37/h2-30H,46H2,1H3. The zero-order valence-electron chi connectivity index (χ0n) is 27.2. The highest BCUT2D eigenvalue weighted by Crippen LogP contribution is 2.33. The largest absolute Gasteiger partial charge is 0.279 e. The van der Waals surface area contributed by atoms with E-state index in [1.54, 1.807) is 5.01 Å². The van der Waals surface area contributed by atoms with E-state index < -0.39 is 0 Å². The minimum Gasteiger partial charge on any atom is -0.279 e. The summed E-state index contributed by atoms with van der Waals surface area (Å²) >= 11 is 0. The fourth-order valence-electron chi connectivity index (χ4n) is 6.29. The summed E-state index contributed by atoms with van der Waals surface area (Å²) in [6.45, 7) is 2.07. The number of nitrogens with zero attached hydrogens (tertiary/aromatic N) is 3. The number of hydrazine groups is 1. The second-order valence-corrected chi connectivity index (χ2v) is 12.3. The van der Waals surface area contributed by atoms with Crippen LogP contribution >= 0.6 is 0 Å². The lowest BCUT2D eigenvalue weighted by atomic mass is 9.96. The van der Waals surface area contributed by atoms with Crippen molar-refractivity contribution < 1.29 is 0 Å². The highest BCUT2D eigenvalue weighted by atomic mass is 15.4. The quantitative estimate of drug-likeness (QED) is 0.141. The first-order chi connectivity index (χ1) is 24.1. The third-order valence-corrected chi connectivity index (χ3v) is 9.04. The van der Waals surface area contributed by atoms with Crippen molar-refractivity contribution in [3.05, 3.63) is 181 Å². The van der Waals surface area contributed by atoms with E-state index in [-0.39, 0.29) is 0 Å². The number of hydrogen-bond acceptors (Lipinski definition) is 4. The molecular formula is C45H34N4. The number of hydrogen-bond donors (Lipinski definition) is 1. The smallest absolute Gasteiger partial charge is 0.160 e. The average Bonchev–Trinajstić information content (AvgIpc) is 3.18. The van der Waals surface area contributed by atoms with E-state index in [4.69, 9.17) is 15.8 Å². The van der Waals surface area contributed by atoms with Crippen LogP contribution in [-0.4, -0.2) is 9.97 Å². The van der Waals surface area contributed by atoms with Crippen molar-refractivity contribution in [1.82, 2.24) is 9.97 Å². The van der Waals surface area contributed by atoms with Gasteiger partial charge in [-0.05, 0) is 81.9 Å². The second kappa shape index (κ2) is 13.0. The molecule has 0 aliphatic rings. The topological polar surface area (TPSA) is 55.0 Å². The molecule has 1 aromatic heterocycles. The van der Waals surface area contributed by atoms with Crippen molar-refractivity contribution in [2.75, 3.05) is 5.01 Å². The summed E-state index contributed by atoms with van der Waals surface area (Å²) in [4.78, 5) is 9.93. The summed E-state index contributed by atoms with van der Waals surface area (Å²) in [5.74, 6) is 7.20. The molecule has 4 heteroatoms. The van der Waals surface area contributed by atoms with E-state index in [9.17, 15) is 0 Å². The van der Waals surface area contributed by atoms with Gasteiger partial charge in [0.25, 0.3) is 0 Å². The number of rotatable bonds is 7. The van der Waals surface area contributed by atoms with Gasteiger partial charge in [-0.15, -0.1) is 0 Å². The number of aryl methyl sites for hydroxylation is 1. The Morgan fingerprint density at radius 2 is 0.878 bits per heavy atom. The molecule has 0 aliphatic heterocycles. The van der Waals surface area contributed by atoms with Crippen molar-refractivity contribution in [2.45, 2.75) is 6.92 Å². The minimum atomic E-state index is 0.715. The lowest BCUT2D eigenvalue weighted by molar-refractivity contribution is 1.07. The lowest BCUT2D eigenvalue weighted by Gasteiger charge is -2.21. The zero-order valence-corrected chi connectivity index (χ0v) is 27.2. The molecule has 1 heterocycles. The summed E-state index contributed by atoms with van der Waals surface area (Å²) < 4.78 is 0. The number of anilines is 2. The van der Waals surface area contributed by atoms with Gasteiger partial charge in [0.2, 0.25) is 0 Å². The molecule has 0 spiro atoms. The summed E-state index contributed by atoms with van der Waals surface area (Å²) in [6, 6.07) is 61.1. The Labute approximate surface area is 286 Å². The van der Waals surface area contributed by atoms with Crippen LogP contribution in [0.4, 0.5) is 11.4 Å². The fraction of sp³-hybridized carbons (Fsp3) is 0.0222. The maximum atomic E-state index is 6.48. The molecule has 49 heavy (non-hydrogen) atoms. The van der Waals surface area contributed by atoms with Gasteiger partial charge in [-0.2, -0.15) is 0 Å². The van der Waals surface area contributed by atoms with Crippen LogP contribution in [0, 0.1) is 6.92 Å². The van der Waals surface area contributed by atoms with Crippen molar-refractivity contribution >= 4 is 22.1 Å². The van der Waals surface area contributed by atoms with Crippen LogP contribution in [-0.2, 0) is 0 Å². The number of aromatic nitrogens is 2. The summed E-state index contributed by atoms with van der Waals surface area (Å²) in [7, 11) is 0. The number of fused-ring (bicyclic) bond motifs is 1. The minimum absolute atomic E-state index is 0.715. The molecule has 0 fully saturated rings. The van der Waals surface area contributed by atoms with Crippen molar-refractivity contribution in [3.63, 3.8) is 0 Å². The van der Waals surface area contributed by atoms with E-state index in [1.165, 1.54) is 21.9 Å². The number of para-hydroxylation sites is 1. The molecule has 2 N–H and O–H groups in total. The van der Waals surface area contributed by atoms with Gasteiger partial charge < -0.3 is 0 Å². The summed E-state index contributed by atoms with van der Waals surface area (Å²) in [5, 5.41) is 4.14. The van der Waals surface area contributed by atoms with E-state index in [1.807, 2.05) is 54.6 Å². The van der Waals surface area contributed by atoms with E-state index in [2.05, 4.69) is 128 Å². The van der Waals surface area contributed by atoms with E-state index in [0.717, 1.165) is 56.1 Å². The fourth-order valence-corrected chi connectivity index (χ4v) is 6.29. The molecule has 0 bridgehead atoms. The molecular weight excluding hydrogens is 597 g/mol. The summed E-state index contributed by atoms with van der Waals surface area (Å²) in [6.07, 6.45) is 0. The lowest BCUT2D eigenvalue weighted by Crippen LogP contribution is -2.25. The van der Waals surface area contributed by atoms with Crippen LogP contribution in [0.1, 0.15) is 5.56 Å². The molecule has 0 saturated heterocycles. The van der Waals surface area contributed by atoms with Crippen LogP contribution in [0.3, 0.4) is 0 Å². The average molecular weight is 631 g/mol. The van der Waals surface area contributed by atoms with Crippen molar-refractivity contribution in [1.29, 1.82) is 0 Å². The first kappa shape index (κ1) is 30.0. The molecule has 7 aromatic carbocycles. The van der Waals surface area contributed by atoms with Crippen LogP contribution in [0.15, 0.2) is 176 Å². The Balaban J connectivity index is 1.08. The van der Waals surface area contributed by atoms with Crippen LogP contribution in [0.25, 0.3) is 66.9 Å². The SMILES string of the molecule is Cc1ccccc1N(N)c1ccc(-c2ccc3ccc(-c4ccc(-c5cc(-c6ccccc6)nc(-c6ccccc6)n5)cc4)cc3c2)cc1. The Hall–Kier alpha value is -6.36. The molecule has 8 rings (SSSR count). The second-order valence-electron chi connectivity index (χ2n) is 12.3. The zero-order chi connectivity index (χ0) is 33.2. The number of benzene rings is 7. The van der Waals surface area contributed by atoms with E-state index in [0.29, 0.717) is 5.82 Å². The Kier molecular flexibility index (Phi) is 7.98. The Morgan fingerprint density at radius 3 is 1.47 bits per heavy atom. The normalized spacial score (nSPS) is 11.1. The Morgan fingerprint density at radius 1 is 0.408 bits per heavy atom. The highest BCUT2D eigenvalue weighted by molar-refractivity contribution is 5.91. The third kappa shape index (κ3) is 6.21. The predicted octanol–water partition coefficient (Wildman–Crippen LogP) is 11.3. The molecule has 0 aliphatic carbocycles. The van der Waals surface area contributed by atoms with Gasteiger partial charge in [0.15, 0.2) is 5.82 Å². The van der Waals surface area contributed by atoms with Crippen molar-refractivity contribution in [3.8, 4) is 56.2 Å². The van der Waals surface area contributed by atoms with Gasteiger partial charge in [-0.1, -0.05) is 140 Å². The van der Waals surface area contributed by atoms with Crippen molar-refractivity contribution in [2.24, 2.45) is 5.84 Å². The molecule has 0 amide bonds. The molecule has 0 saturated carbocycles. The molecule has 234 valence electrons. The maximum Gasteiger partial charge on any atom is 0.160 e. The molecule has 0 unspecified atom stereocenters. The highest BCUT2D eigenvalue weighted by Gasteiger charge is 2.12. The van der Waals surface area contributed by atoms with Crippen LogP contribution in [0.5, 0.6) is 0 Å². The summed E-state index contributed by atoms with van der Waals surface area (Å²) in [5.41, 5.74) is 12.6. The molecule has 4 nitrogen and oxygen atoms in total. The maximum absolute atomic E-state index is 6.48. The monoisotopic (exact) mass is 630 g/mol. The third-order valence-electron chi connectivity index (χ3n) is 9.04. The molecule has 0 atom stereocenters. The first-order valence-corrected chi connectivity index (χ1v) is 16.4. The van der Waals surface area contributed by atoms with Crippen LogP contribution < -0.4 is 10.9 Å². The van der Waals surface area contributed by atoms with Gasteiger partial charge in [0, 0.05) is 16.7 Å². The Bertz CT molecular complexity index is 2330. The van der Waals surface area contributed by atoms with Gasteiger partial charge >= 0.3 is 0 Å². The number of nitrogens with two attached hydrogens (primary N) is 1.